The molecule has 0 saturated carbocycles. The summed E-state index contributed by atoms with van der Waals surface area (Å²) in [5.41, 5.74) is 2.35. The summed E-state index contributed by atoms with van der Waals surface area (Å²) in [4.78, 5) is 0. The van der Waals surface area contributed by atoms with Crippen molar-refractivity contribution in [1.29, 1.82) is 0 Å². The molecular formula is C21H29FN2O7. The summed E-state index contributed by atoms with van der Waals surface area (Å²) >= 11 is 0. The van der Waals surface area contributed by atoms with E-state index in [1.165, 1.54) is 6.07 Å². The zero-order chi connectivity index (χ0) is 23.1. The molecule has 1 aromatic heterocycles. The van der Waals surface area contributed by atoms with Crippen molar-refractivity contribution in [1.82, 2.24) is 9.78 Å². The first-order valence-corrected chi connectivity index (χ1v) is 10.1. The molecule has 0 radical (unpaired) electrons. The first kappa shape index (κ1) is 23.6. The molecule has 0 aliphatic carbocycles. The molecule has 5 atom stereocenters. The highest BCUT2D eigenvalue weighted by atomic mass is 19.1. The molecule has 9 nitrogen and oxygen atoms in total. The summed E-state index contributed by atoms with van der Waals surface area (Å²) < 4.78 is 26.4. The Labute approximate surface area is 179 Å². The number of nitrogens with zero attached hydrogens (tertiary/aromatic N) is 2. The Morgan fingerprint density at radius 3 is 2.48 bits per heavy atom. The van der Waals surface area contributed by atoms with Gasteiger partial charge in [0.1, 0.15) is 24.1 Å². The van der Waals surface area contributed by atoms with E-state index in [4.69, 9.17) is 9.47 Å². The van der Waals surface area contributed by atoms with Crippen LogP contribution in [0, 0.1) is 19.7 Å². The minimum atomic E-state index is -2.78. The zero-order valence-corrected chi connectivity index (χ0v) is 17.9. The van der Waals surface area contributed by atoms with Gasteiger partial charge in [-0.2, -0.15) is 0 Å². The van der Waals surface area contributed by atoms with Crippen molar-refractivity contribution in [2.24, 2.45) is 0 Å². The topological polar surface area (TPSA) is 137 Å². The largest absolute Gasteiger partial charge is 0.417 e. The molecular weight excluding hydrogens is 411 g/mol. The number of benzene rings is 1. The second-order valence-electron chi connectivity index (χ2n) is 8.17. The minimum absolute atomic E-state index is 0.0738. The third-order valence-electron chi connectivity index (χ3n) is 5.51. The van der Waals surface area contributed by atoms with Crippen LogP contribution in [0.1, 0.15) is 42.3 Å². The van der Waals surface area contributed by atoms with E-state index in [9.17, 15) is 29.9 Å². The number of ether oxygens (including phenoxy) is 2. The molecule has 1 aliphatic rings. The van der Waals surface area contributed by atoms with E-state index in [-0.39, 0.29) is 24.2 Å². The number of hydrogen-bond acceptors (Lipinski definition) is 8. The lowest BCUT2D eigenvalue weighted by molar-refractivity contribution is -0.423. The molecule has 1 aromatic carbocycles. The predicted octanol–water partition coefficient (Wildman–Crippen LogP) is 0.309. The molecule has 3 rings (SSSR count). The van der Waals surface area contributed by atoms with Gasteiger partial charge >= 0.3 is 5.97 Å². The van der Waals surface area contributed by atoms with Gasteiger partial charge < -0.3 is 35.0 Å². The molecule has 0 spiro atoms. The summed E-state index contributed by atoms with van der Waals surface area (Å²) in [6, 6.07) is 4.74. The third-order valence-corrected chi connectivity index (χ3v) is 5.51. The van der Waals surface area contributed by atoms with Crippen molar-refractivity contribution in [3.05, 3.63) is 46.4 Å². The first-order valence-electron chi connectivity index (χ1n) is 10.1. The molecule has 0 amide bonds. The fraction of sp³-hybridized carbons (Fsp3) is 0.571. The maximum atomic E-state index is 14.0. The second-order valence-corrected chi connectivity index (χ2v) is 8.17. The van der Waals surface area contributed by atoms with E-state index >= 15 is 0 Å². The van der Waals surface area contributed by atoms with Crippen LogP contribution in [0.2, 0.25) is 0 Å². The highest BCUT2D eigenvalue weighted by Gasteiger charge is 2.55. The Bertz CT molecular complexity index is 933. The molecule has 2 aromatic rings. The van der Waals surface area contributed by atoms with Gasteiger partial charge in [-0.15, -0.1) is 5.10 Å². The maximum absolute atomic E-state index is 14.0. The molecule has 5 N–H and O–H groups in total. The lowest BCUT2D eigenvalue weighted by Gasteiger charge is -2.43. The van der Waals surface area contributed by atoms with Gasteiger partial charge in [-0.3, -0.25) is 4.68 Å². The van der Waals surface area contributed by atoms with Crippen LogP contribution in [0.25, 0.3) is 0 Å². The summed E-state index contributed by atoms with van der Waals surface area (Å²) in [6.07, 6.45) is -6.69. The Hall–Kier alpha value is -2.08. The van der Waals surface area contributed by atoms with Gasteiger partial charge in [0, 0.05) is 23.7 Å². The van der Waals surface area contributed by atoms with Crippen molar-refractivity contribution < 1.29 is 39.4 Å². The highest BCUT2D eigenvalue weighted by molar-refractivity contribution is 5.37. The minimum Gasteiger partial charge on any atom is -0.417 e. The fourth-order valence-electron chi connectivity index (χ4n) is 3.61. The average molecular weight is 440 g/mol. The van der Waals surface area contributed by atoms with Crippen molar-refractivity contribution >= 4 is 0 Å². The smallest absolute Gasteiger partial charge is 0.356 e. The molecule has 1 saturated heterocycles. The van der Waals surface area contributed by atoms with E-state index in [2.05, 4.69) is 5.10 Å². The molecule has 31 heavy (non-hydrogen) atoms. The van der Waals surface area contributed by atoms with Crippen LogP contribution < -0.4 is 4.74 Å². The Morgan fingerprint density at radius 1 is 1.23 bits per heavy atom. The molecule has 0 bridgehead atoms. The van der Waals surface area contributed by atoms with Crippen molar-refractivity contribution in [2.75, 3.05) is 6.61 Å². The second kappa shape index (κ2) is 8.81. The van der Waals surface area contributed by atoms with Crippen LogP contribution in [0.5, 0.6) is 5.88 Å². The zero-order valence-electron chi connectivity index (χ0n) is 17.9. The molecule has 1 aliphatic heterocycles. The van der Waals surface area contributed by atoms with Crippen LogP contribution in [-0.4, -0.2) is 72.3 Å². The van der Waals surface area contributed by atoms with E-state index in [1.54, 1.807) is 30.7 Å². The number of hydrogen-bond donors (Lipinski definition) is 5. The fourth-order valence-corrected chi connectivity index (χ4v) is 3.61. The number of aliphatic hydroxyl groups excluding tert-OH is 4. The predicted molar refractivity (Wildman–Crippen MR) is 107 cm³/mol. The van der Waals surface area contributed by atoms with Crippen molar-refractivity contribution in [3.63, 3.8) is 0 Å². The van der Waals surface area contributed by atoms with Crippen LogP contribution in [-0.2, 0) is 11.2 Å². The van der Waals surface area contributed by atoms with Gasteiger partial charge in [0.25, 0.3) is 0 Å². The molecule has 2 heterocycles. The molecule has 1 fully saturated rings. The summed E-state index contributed by atoms with van der Waals surface area (Å²) in [7, 11) is 0. The summed E-state index contributed by atoms with van der Waals surface area (Å²) in [5, 5.41) is 54.8. The Morgan fingerprint density at radius 2 is 1.90 bits per heavy atom. The van der Waals surface area contributed by atoms with E-state index in [0.717, 1.165) is 0 Å². The summed E-state index contributed by atoms with van der Waals surface area (Å²) in [6.45, 7) is 6.50. The Balaban J connectivity index is 2.00. The normalized spacial score (nSPS) is 28.9. The lowest BCUT2D eigenvalue weighted by atomic mass is 9.98. The van der Waals surface area contributed by atoms with E-state index < -0.39 is 37.0 Å². The van der Waals surface area contributed by atoms with Gasteiger partial charge in [0.05, 0.1) is 6.61 Å². The van der Waals surface area contributed by atoms with Crippen molar-refractivity contribution in [3.8, 4) is 5.88 Å². The van der Waals surface area contributed by atoms with Gasteiger partial charge in [0.15, 0.2) is 6.10 Å². The maximum Gasteiger partial charge on any atom is 0.356 e. The number of rotatable bonds is 6. The Kier molecular flexibility index (Phi) is 6.70. The van der Waals surface area contributed by atoms with E-state index in [0.29, 0.717) is 22.4 Å². The number of aliphatic hydroxyl groups is 5. The average Bonchev–Trinajstić information content (AvgIpc) is 3.01. The van der Waals surface area contributed by atoms with Gasteiger partial charge in [-0.25, -0.2) is 4.39 Å². The van der Waals surface area contributed by atoms with Gasteiger partial charge in [0.2, 0.25) is 5.88 Å². The molecule has 0 unspecified atom stereocenters. The molecule has 172 valence electrons. The lowest BCUT2D eigenvalue weighted by Crippen LogP contribution is -2.67. The monoisotopic (exact) mass is 440 g/mol. The van der Waals surface area contributed by atoms with Crippen LogP contribution in [0.15, 0.2) is 18.2 Å². The summed E-state index contributed by atoms with van der Waals surface area (Å²) in [5.74, 6) is -3.22. The standard InChI is InChI=1S/C21H29FN2O7/c1-10(2)24-12(4)14(7-13-6-5-11(3)15(22)8-13)20(23-24)31-21(29)19(28)18(27)17(26)16(9-25)30-21/h5-6,8,10,16-19,25-29H,7,9H2,1-4H3/t16-,17-,18+,19-,21-/m1/s1. The third kappa shape index (κ3) is 4.45. The first-order chi connectivity index (χ1) is 14.5. The quantitative estimate of drug-likeness (QED) is 0.405. The number of halogens is 1. The number of aromatic nitrogens is 2. The van der Waals surface area contributed by atoms with Crippen molar-refractivity contribution in [2.45, 2.75) is 70.5 Å². The van der Waals surface area contributed by atoms with Crippen LogP contribution >= 0.6 is 0 Å². The van der Waals surface area contributed by atoms with Gasteiger partial charge in [-0.1, -0.05) is 12.1 Å². The SMILES string of the molecule is Cc1ccc(Cc2c(O[C@]3(O)O[C@H](CO)[C@@H](O)[C@H](O)[C@H]3O)nn(C(C)C)c2C)cc1F. The van der Waals surface area contributed by atoms with Gasteiger partial charge in [-0.05, 0) is 44.9 Å². The number of aryl methyl sites for hydroxylation is 1. The highest BCUT2D eigenvalue weighted by Crippen LogP contribution is 2.34. The van der Waals surface area contributed by atoms with Crippen LogP contribution in [0.4, 0.5) is 4.39 Å². The van der Waals surface area contributed by atoms with E-state index in [1.807, 2.05) is 13.8 Å². The molecule has 10 heteroatoms. The van der Waals surface area contributed by atoms with Crippen LogP contribution in [0.3, 0.4) is 0 Å².